The minimum Gasteiger partial charge on any atom is -0.394 e. The Labute approximate surface area is 193 Å². The Hall–Kier alpha value is -2.46. The number of pyridine rings is 2. The van der Waals surface area contributed by atoms with Gasteiger partial charge in [-0.05, 0) is 66.0 Å². The van der Waals surface area contributed by atoms with Crippen LogP contribution in [0, 0.1) is 6.92 Å². The highest BCUT2D eigenvalue weighted by Gasteiger charge is 2.19. The van der Waals surface area contributed by atoms with Crippen molar-refractivity contribution in [3.8, 4) is 11.1 Å². The number of aromatic amines is 1. The molecule has 10 heteroatoms. The molecule has 164 valence electrons. The Morgan fingerprint density at radius 3 is 2.68 bits per heavy atom. The van der Waals surface area contributed by atoms with E-state index in [4.69, 9.17) is 11.6 Å². The van der Waals surface area contributed by atoms with Crippen LogP contribution in [-0.4, -0.2) is 43.4 Å². The molecule has 0 saturated heterocycles. The first-order valence-corrected chi connectivity index (χ1v) is 10.6. The van der Waals surface area contributed by atoms with Gasteiger partial charge >= 0.3 is 0 Å². The lowest BCUT2D eigenvalue weighted by Gasteiger charge is -2.20. The average molecular weight is 509 g/mol. The minimum absolute atomic E-state index is 0.274. The van der Waals surface area contributed by atoms with Crippen molar-refractivity contribution in [2.45, 2.75) is 32.5 Å². The van der Waals surface area contributed by atoms with Crippen LogP contribution in [0.25, 0.3) is 11.1 Å². The number of aliphatic hydroxyl groups excluding tert-OH is 1. The second-order valence-electron chi connectivity index (χ2n) is 7.62. The molecule has 0 radical (unpaired) electrons. The van der Waals surface area contributed by atoms with Crippen molar-refractivity contribution in [3.63, 3.8) is 0 Å². The third kappa shape index (κ3) is 5.82. The number of halogens is 2. The van der Waals surface area contributed by atoms with Crippen molar-refractivity contribution in [2.24, 2.45) is 0 Å². The highest BCUT2D eigenvalue weighted by atomic mass is 79.9. The molecule has 0 spiro atoms. The maximum Gasteiger partial charge on any atom is 0.268 e. The predicted octanol–water partition coefficient (Wildman–Crippen LogP) is 3.80. The summed E-state index contributed by atoms with van der Waals surface area (Å²) < 4.78 is 0.709. The molecule has 3 rings (SSSR count). The molecule has 0 aliphatic heterocycles. The first-order valence-electron chi connectivity index (χ1n) is 9.46. The van der Waals surface area contributed by atoms with E-state index in [0.717, 1.165) is 5.56 Å². The molecule has 31 heavy (non-hydrogen) atoms. The third-order valence-corrected chi connectivity index (χ3v) is 5.59. The number of anilines is 1. The van der Waals surface area contributed by atoms with E-state index in [0.29, 0.717) is 37.8 Å². The normalized spacial score (nSPS) is 12.5. The number of nitrogens with zero attached hydrogens (tertiary/aromatic N) is 2. The number of aryl methyl sites for hydroxylation is 1. The number of H-pyrrole nitrogens is 1. The highest BCUT2D eigenvalue weighted by molar-refractivity contribution is 9.10. The largest absolute Gasteiger partial charge is 0.394 e. The van der Waals surface area contributed by atoms with Gasteiger partial charge in [-0.15, -0.1) is 0 Å². The monoisotopic (exact) mass is 507 g/mol. The topological polar surface area (TPSA) is 123 Å². The molecule has 1 amide bonds. The predicted molar refractivity (Wildman–Crippen MR) is 123 cm³/mol. The van der Waals surface area contributed by atoms with Gasteiger partial charge in [-0.25, -0.2) is 9.97 Å². The van der Waals surface area contributed by atoms with Gasteiger partial charge in [0.15, 0.2) is 0 Å². The summed E-state index contributed by atoms with van der Waals surface area (Å²) in [6.07, 6.45) is 4.73. The zero-order valence-electron chi connectivity index (χ0n) is 17.2. The maximum atomic E-state index is 12.7. The zero-order chi connectivity index (χ0) is 22.8. The number of rotatable bonds is 7. The smallest absolute Gasteiger partial charge is 0.268 e. The molecule has 3 aromatic heterocycles. The van der Waals surface area contributed by atoms with Crippen molar-refractivity contribution >= 4 is 39.3 Å². The van der Waals surface area contributed by atoms with E-state index < -0.39 is 11.8 Å². The van der Waals surface area contributed by atoms with Crippen molar-refractivity contribution in [1.82, 2.24) is 20.3 Å². The fraction of sp³-hybridized carbons (Fsp3) is 0.286. The highest BCUT2D eigenvalue weighted by Crippen LogP contribution is 2.30. The molecule has 3 aromatic rings. The van der Waals surface area contributed by atoms with Gasteiger partial charge in [0.05, 0.1) is 17.7 Å². The van der Waals surface area contributed by atoms with Crippen molar-refractivity contribution < 1.29 is 15.0 Å². The summed E-state index contributed by atoms with van der Waals surface area (Å²) in [5, 5.41) is 25.8. The molecule has 0 aliphatic rings. The van der Waals surface area contributed by atoms with Crippen LogP contribution in [0.1, 0.15) is 41.5 Å². The van der Waals surface area contributed by atoms with E-state index in [2.05, 4.69) is 41.5 Å². The number of hydrogen-bond acceptors (Lipinski definition) is 6. The number of aromatic nitrogens is 3. The first-order chi connectivity index (χ1) is 14.6. The Kier molecular flexibility index (Phi) is 7.00. The summed E-state index contributed by atoms with van der Waals surface area (Å²) in [6, 6.07) is 4.60. The number of carbonyl (C=O) groups is 1. The molecular weight excluding hydrogens is 486 g/mol. The van der Waals surface area contributed by atoms with Gasteiger partial charge in [0.1, 0.15) is 21.8 Å². The minimum atomic E-state index is -1.15. The van der Waals surface area contributed by atoms with Crippen LogP contribution in [0.15, 0.2) is 41.4 Å². The third-order valence-electron chi connectivity index (χ3n) is 4.45. The summed E-state index contributed by atoms with van der Waals surface area (Å²) in [6.45, 7) is 4.81. The average Bonchev–Trinajstić information content (AvgIpc) is 3.18. The van der Waals surface area contributed by atoms with Crippen LogP contribution in [0.2, 0.25) is 5.02 Å². The van der Waals surface area contributed by atoms with Gasteiger partial charge in [0.25, 0.3) is 5.91 Å². The SMILES string of the molecule is Cc1cc([C@@H](CO)NC(=O)c2cc(-c3cc(NC(C)(C)O)ncc3Cl)c[nH]2)cnc1Br. The summed E-state index contributed by atoms with van der Waals surface area (Å²) in [4.78, 5) is 24.1. The van der Waals surface area contributed by atoms with Gasteiger partial charge in [-0.3, -0.25) is 4.79 Å². The molecule has 0 fully saturated rings. The van der Waals surface area contributed by atoms with Crippen LogP contribution < -0.4 is 10.6 Å². The number of nitrogens with one attached hydrogen (secondary N) is 3. The number of hydrogen-bond donors (Lipinski definition) is 5. The molecule has 3 heterocycles. The van der Waals surface area contributed by atoms with Gasteiger partial charge < -0.3 is 25.8 Å². The molecule has 8 nitrogen and oxygen atoms in total. The van der Waals surface area contributed by atoms with Gasteiger partial charge in [-0.1, -0.05) is 11.6 Å². The first kappa shape index (κ1) is 23.2. The van der Waals surface area contributed by atoms with Crippen LogP contribution >= 0.6 is 27.5 Å². The van der Waals surface area contributed by atoms with E-state index in [-0.39, 0.29) is 12.5 Å². The van der Waals surface area contributed by atoms with Crippen molar-refractivity contribution in [1.29, 1.82) is 0 Å². The van der Waals surface area contributed by atoms with Gasteiger partial charge in [-0.2, -0.15) is 0 Å². The molecule has 0 aliphatic carbocycles. The molecule has 1 atom stereocenters. The summed E-state index contributed by atoms with van der Waals surface area (Å²) >= 11 is 9.63. The summed E-state index contributed by atoms with van der Waals surface area (Å²) in [5.74, 6) is 0.0587. The van der Waals surface area contributed by atoms with Crippen molar-refractivity contribution in [2.75, 3.05) is 11.9 Å². The zero-order valence-corrected chi connectivity index (χ0v) is 19.5. The second-order valence-corrected chi connectivity index (χ2v) is 8.78. The van der Waals surface area contributed by atoms with E-state index in [1.807, 2.05) is 13.0 Å². The van der Waals surface area contributed by atoms with Crippen molar-refractivity contribution in [3.05, 3.63) is 63.2 Å². The lowest BCUT2D eigenvalue weighted by atomic mass is 10.1. The Balaban J connectivity index is 1.80. The Morgan fingerprint density at radius 1 is 1.29 bits per heavy atom. The van der Waals surface area contributed by atoms with Crippen LogP contribution in [-0.2, 0) is 0 Å². The molecule has 0 bridgehead atoms. The van der Waals surface area contributed by atoms with Gasteiger partial charge in [0, 0.05) is 29.7 Å². The van der Waals surface area contributed by atoms with Crippen LogP contribution in [0.5, 0.6) is 0 Å². The maximum absolute atomic E-state index is 12.7. The van der Waals surface area contributed by atoms with Crippen LogP contribution in [0.4, 0.5) is 5.82 Å². The van der Waals surface area contributed by atoms with Crippen LogP contribution in [0.3, 0.4) is 0 Å². The molecule has 5 N–H and O–H groups in total. The Bertz CT molecular complexity index is 1100. The second kappa shape index (κ2) is 9.35. The fourth-order valence-electron chi connectivity index (χ4n) is 2.96. The lowest BCUT2D eigenvalue weighted by Crippen LogP contribution is -2.31. The molecule has 0 saturated carbocycles. The summed E-state index contributed by atoms with van der Waals surface area (Å²) in [5.41, 5.74) is 2.07. The number of carbonyl (C=O) groups excluding carboxylic acids is 1. The number of aliphatic hydroxyl groups is 2. The summed E-state index contributed by atoms with van der Waals surface area (Å²) in [7, 11) is 0. The van der Waals surface area contributed by atoms with E-state index in [1.54, 1.807) is 38.4 Å². The number of amides is 1. The standard InChI is InChI=1S/C21H23BrClN5O3/c1-11-4-13(8-26-19(11)22)17(10-29)27-20(30)16-5-12(7-24-16)14-6-18(25-9-15(14)23)28-21(2,3)31/h4-9,17,24,29,31H,10H2,1-3H3,(H,25,28)(H,27,30)/t17-/m1/s1. The fourth-order valence-corrected chi connectivity index (χ4v) is 3.39. The molecule has 0 aromatic carbocycles. The quantitative estimate of drug-likeness (QED) is 0.244. The molecular formula is C21H23BrClN5O3. The molecule has 0 unspecified atom stereocenters. The van der Waals surface area contributed by atoms with E-state index in [1.165, 1.54) is 6.20 Å². The lowest BCUT2D eigenvalue weighted by molar-refractivity contribution is 0.0911. The van der Waals surface area contributed by atoms with Gasteiger partial charge in [0.2, 0.25) is 0 Å². The Morgan fingerprint density at radius 2 is 2.03 bits per heavy atom. The van der Waals surface area contributed by atoms with E-state index >= 15 is 0 Å². The van der Waals surface area contributed by atoms with E-state index in [9.17, 15) is 15.0 Å².